The molecule has 4 nitrogen and oxygen atoms in total. The number of halogens is 1. The first-order valence-corrected chi connectivity index (χ1v) is 11.2. The molecular formula is C21H20INO3S2. The van der Waals surface area contributed by atoms with Gasteiger partial charge in [0.1, 0.15) is 0 Å². The van der Waals surface area contributed by atoms with Crippen molar-refractivity contribution in [3.8, 4) is 11.5 Å². The lowest BCUT2D eigenvalue weighted by Gasteiger charge is -2.15. The minimum Gasteiger partial charge on any atom is -0.490 e. The van der Waals surface area contributed by atoms with Gasteiger partial charge in [-0.05, 0) is 84.8 Å². The monoisotopic (exact) mass is 525 g/mol. The summed E-state index contributed by atoms with van der Waals surface area (Å²) in [5, 5.41) is 0. The van der Waals surface area contributed by atoms with E-state index in [-0.39, 0.29) is 5.91 Å². The first-order valence-electron chi connectivity index (χ1n) is 8.88. The number of hydrogen-bond acceptors (Lipinski definition) is 5. The number of thioether (sulfide) groups is 1. The molecule has 0 spiro atoms. The molecule has 1 fully saturated rings. The number of thiocarbonyl (C=S) groups is 1. The average molecular weight is 525 g/mol. The quantitative estimate of drug-likeness (QED) is 0.271. The van der Waals surface area contributed by atoms with E-state index in [1.54, 1.807) is 4.90 Å². The second kappa shape index (κ2) is 9.28. The third-order valence-electron chi connectivity index (χ3n) is 3.97. The van der Waals surface area contributed by atoms with Crippen LogP contribution in [-0.2, 0) is 4.79 Å². The topological polar surface area (TPSA) is 38.8 Å². The Labute approximate surface area is 188 Å². The van der Waals surface area contributed by atoms with Crippen LogP contribution in [0.5, 0.6) is 11.5 Å². The van der Waals surface area contributed by atoms with E-state index in [1.807, 2.05) is 63.2 Å². The van der Waals surface area contributed by atoms with Gasteiger partial charge in [0.05, 0.1) is 27.4 Å². The molecule has 0 aromatic heterocycles. The van der Waals surface area contributed by atoms with Crippen LogP contribution >= 0.6 is 46.6 Å². The summed E-state index contributed by atoms with van der Waals surface area (Å²) in [5.74, 6) is 1.30. The Morgan fingerprint density at radius 1 is 1.18 bits per heavy atom. The van der Waals surface area contributed by atoms with Crippen LogP contribution in [0.2, 0.25) is 0 Å². The van der Waals surface area contributed by atoms with Crippen molar-refractivity contribution in [3.05, 3.63) is 56.0 Å². The van der Waals surface area contributed by atoms with Gasteiger partial charge in [0, 0.05) is 0 Å². The van der Waals surface area contributed by atoms with Gasteiger partial charge >= 0.3 is 0 Å². The van der Waals surface area contributed by atoms with Crippen molar-refractivity contribution in [1.82, 2.24) is 0 Å². The standard InChI is InChI=1S/C21H20INO3S2/c1-4-25-17-11-14(10-16(22)19(17)26-5-2)12-18-20(24)23(21(27)28-18)15-8-6-7-13(3)9-15/h6-12H,4-5H2,1-3H3/b18-12-. The average Bonchev–Trinajstić information content (AvgIpc) is 2.91. The Morgan fingerprint density at radius 2 is 1.93 bits per heavy atom. The second-order valence-electron chi connectivity index (χ2n) is 6.05. The zero-order chi connectivity index (χ0) is 20.3. The highest BCUT2D eigenvalue weighted by Gasteiger charge is 2.33. The molecule has 0 unspecified atom stereocenters. The van der Waals surface area contributed by atoms with Gasteiger partial charge in [0.25, 0.3) is 5.91 Å². The fraction of sp³-hybridized carbons (Fsp3) is 0.238. The molecule has 7 heteroatoms. The number of rotatable bonds is 6. The summed E-state index contributed by atoms with van der Waals surface area (Å²) in [6, 6.07) is 11.7. The van der Waals surface area contributed by atoms with Gasteiger partial charge in [0.15, 0.2) is 15.8 Å². The zero-order valence-corrected chi connectivity index (χ0v) is 19.6. The van der Waals surface area contributed by atoms with Crippen LogP contribution in [-0.4, -0.2) is 23.4 Å². The number of carbonyl (C=O) groups excluding carboxylic acids is 1. The van der Waals surface area contributed by atoms with E-state index in [4.69, 9.17) is 21.7 Å². The van der Waals surface area contributed by atoms with Crippen LogP contribution in [0.25, 0.3) is 6.08 Å². The van der Waals surface area contributed by atoms with Crippen molar-refractivity contribution in [3.63, 3.8) is 0 Å². The van der Waals surface area contributed by atoms with E-state index in [2.05, 4.69) is 22.6 Å². The number of ether oxygens (including phenoxy) is 2. The number of amides is 1. The Bertz CT molecular complexity index is 959. The summed E-state index contributed by atoms with van der Waals surface area (Å²) in [7, 11) is 0. The number of anilines is 1. The van der Waals surface area contributed by atoms with Crippen molar-refractivity contribution >= 4 is 68.6 Å². The number of carbonyl (C=O) groups is 1. The molecule has 1 heterocycles. The highest BCUT2D eigenvalue weighted by atomic mass is 127. The summed E-state index contributed by atoms with van der Waals surface area (Å²) in [4.78, 5) is 15.2. The largest absolute Gasteiger partial charge is 0.490 e. The lowest BCUT2D eigenvalue weighted by Crippen LogP contribution is -2.27. The third kappa shape index (κ3) is 4.52. The van der Waals surface area contributed by atoms with E-state index in [9.17, 15) is 4.79 Å². The summed E-state index contributed by atoms with van der Waals surface area (Å²) in [5.41, 5.74) is 2.75. The molecule has 1 aliphatic heterocycles. The fourth-order valence-electron chi connectivity index (χ4n) is 2.83. The molecule has 2 aromatic carbocycles. The Morgan fingerprint density at radius 3 is 2.61 bits per heavy atom. The molecule has 0 radical (unpaired) electrons. The highest BCUT2D eigenvalue weighted by Crippen LogP contribution is 2.39. The number of aryl methyl sites for hydroxylation is 1. The molecule has 146 valence electrons. The van der Waals surface area contributed by atoms with E-state index >= 15 is 0 Å². The molecule has 0 atom stereocenters. The maximum absolute atomic E-state index is 13.0. The van der Waals surface area contributed by atoms with Crippen molar-refractivity contribution in [2.75, 3.05) is 18.1 Å². The first-order chi connectivity index (χ1) is 13.4. The van der Waals surface area contributed by atoms with Gasteiger partial charge in [-0.2, -0.15) is 0 Å². The highest BCUT2D eigenvalue weighted by molar-refractivity contribution is 14.1. The molecule has 1 saturated heterocycles. The first kappa shape index (κ1) is 21.1. The lowest BCUT2D eigenvalue weighted by molar-refractivity contribution is -0.113. The molecule has 0 N–H and O–H groups in total. The molecule has 0 saturated carbocycles. The van der Waals surface area contributed by atoms with E-state index in [1.165, 1.54) is 11.8 Å². The van der Waals surface area contributed by atoms with Gasteiger partial charge in [0.2, 0.25) is 0 Å². The molecule has 0 aliphatic carbocycles. The summed E-state index contributed by atoms with van der Waals surface area (Å²) in [6.07, 6.45) is 1.86. The van der Waals surface area contributed by atoms with Gasteiger partial charge in [-0.3, -0.25) is 9.69 Å². The lowest BCUT2D eigenvalue weighted by atomic mass is 10.1. The third-order valence-corrected chi connectivity index (χ3v) is 6.08. The summed E-state index contributed by atoms with van der Waals surface area (Å²) >= 11 is 9.00. The predicted molar refractivity (Wildman–Crippen MR) is 128 cm³/mol. The van der Waals surface area contributed by atoms with E-state index < -0.39 is 0 Å². The Balaban J connectivity index is 1.95. The second-order valence-corrected chi connectivity index (χ2v) is 8.89. The van der Waals surface area contributed by atoms with Crippen LogP contribution in [0.1, 0.15) is 25.0 Å². The zero-order valence-electron chi connectivity index (χ0n) is 15.8. The van der Waals surface area contributed by atoms with Crippen LogP contribution in [0, 0.1) is 10.5 Å². The van der Waals surface area contributed by atoms with Gasteiger partial charge < -0.3 is 9.47 Å². The van der Waals surface area contributed by atoms with Crippen LogP contribution in [0.3, 0.4) is 0 Å². The van der Waals surface area contributed by atoms with Gasteiger partial charge in [-0.25, -0.2) is 0 Å². The molecule has 3 rings (SSSR count). The van der Waals surface area contributed by atoms with Crippen molar-refractivity contribution < 1.29 is 14.3 Å². The van der Waals surface area contributed by atoms with Crippen LogP contribution in [0.4, 0.5) is 5.69 Å². The molecular weight excluding hydrogens is 505 g/mol. The van der Waals surface area contributed by atoms with E-state index in [0.29, 0.717) is 28.2 Å². The van der Waals surface area contributed by atoms with Crippen molar-refractivity contribution in [2.45, 2.75) is 20.8 Å². The molecule has 2 aromatic rings. The molecule has 0 bridgehead atoms. The number of hydrogen-bond donors (Lipinski definition) is 0. The maximum atomic E-state index is 13.0. The number of benzene rings is 2. The summed E-state index contributed by atoms with van der Waals surface area (Å²) < 4.78 is 12.9. The van der Waals surface area contributed by atoms with Crippen molar-refractivity contribution in [2.24, 2.45) is 0 Å². The molecule has 1 amide bonds. The van der Waals surface area contributed by atoms with Crippen molar-refractivity contribution in [1.29, 1.82) is 0 Å². The maximum Gasteiger partial charge on any atom is 0.270 e. The Hall–Kier alpha value is -1.58. The fourth-order valence-corrected chi connectivity index (χ4v) is 4.91. The summed E-state index contributed by atoms with van der Waals surface area (Å²) in [6.45, 7) is 6.96. The van der Waals surface area contributed by atoms with Crippen LogP contribution in [0.15, 0.2) is 41.3 Å². The molecule has 28 heavy (non-hydrogen) atoms. The van der Waals surface area contributed by atoms with Crippen LogP contribution < -0.4 is 14.4 Å². The SMILES string of the molecule is CCOc1cc(/C=C2\SC(=S)N(c3cccc(C)c3)C2=O)cc(I)c1OCC. The molecule has 1 aliphatic rings. The smallest absolute Gasteiger partial charge is 0.270 e. The van der Waals surface area contributed by atoms with E-state index in [0.717, 1.165) is 26.1 Å². The van der Waals surface area contributed by atoms with Gasteiger partial charge in [-0.15, -0.1) is 0 Å². The Kier molecular flexibility index (Phi) is 7.00. The normalized spacial score (nSPS) is 15.4. The van der Waals surface area contributed by atoms with Gasteiger partial charge in [-0.1, -0.05) is 36.1 Å². The number of nitrogens with zero attached hydrogens (tertiary/aromatic N) is 1. The minimum atomic E-state index is -0.109. The predicted octanol–water partition coefficient (Wildman–Crippen LogP) is 5.80. The minimum absolute atomic E-state index is 0.109.